The Hall–Kier alpha value is -3.40. The first-order chi connectivity index (χ1) is 16.7. The van der Waals surface area contributed by atoms with E-state index in [0.29, 0.717) is 32.0 Å². The number of nitrogens with one attached hydrogen (secondary N) is 2. The predicted molar refractivity (Wildman–Crippen MR) is 138 cm³/mol. The fourth-order valence-corrected chi connectivity index (χ4v) is 3.51. The van der Waals surface area contributed by atoms with Gasteiger partial charge >= 0.3 is 17.8 Å². The molecule has 180 valence electrons. The fourth-order valence-electron chi connectivity index (χ4n) is 2.77. The van der Waals surface area contributed by atoms with Crippen molar-refractivity contribution in [3.05, 3.63) is 86.3 Å². The summed E-state index contributed by atoms with van der Waals surface area (Å²) in [6.07, 6.45) is 0. The van der Waals surface area contributed by atoms with E-state index in [-0.39, 0.29) is 16.5 Å². The van der Waals surface area contributed by atoms with Crippen LogP contribution in [0.2, 0.25) is 10.0 Å². The zero-order valence-electron chi connectivity index (χ0n) is 18.4. The van der Waals surface area contributed by atoms with Crippen molar-refractivity contribution in [1.82, 2.24) is 5.43 Å². The second-order valence-electron chi connectivity index (χ2n) is 6.96. The van der Waals surface area contributed by atoms with E-state index in [1.54, 1.807) is 49.4 Å². The Morgan fingerprint density at radius 1 is 0.914 bits per heavy atom. The van der Waals surface area contributed by atoms with E-state index in [0.717, 1.165) is 0 Å². The zero-order valence-corrected chi connectivity index (χ0v) is 21.5. The third-order valence-electron chi connectivity index (χ3n) is 4.59. The average molecular weight is 579 g/mol. The van der Waals surface area contributed by atoms with Gasteiger partial charge in [0.25, 0.3) is 0 Å². The molecule has 0 fully saturated rings. The van der Waals surface area contributed by atoms with Crippen LogP contribution >= 0.6 is 39.1 Å². The molecule has 3 aromatic rings. The molecular formula is C24H18BrCl2N3O5. The summed E-state index contributed by atoms with van der Waals surface area (Å²) in [6, 6.07) is 16.0. The van der Waals surface area contributed by atoms with Crippen LogP contribution in [0, 0.1) is 0 Å². The van der Waals surface area contributed by atoms with E-state index >= 15 is 0 Å². The first kappa shape index (κ1) is 26.2. The van der Waals surface area contributed by atoms with Gasteiger partial charge in [-0.05, 0) is 71.4 Å². The van der Waals surface area contributed by atoms with Gasteiger partial charge in [0.15, 0.2) is 11.5 Å². The average Bonchev–Trinajstić information content (AvgIpc) is 2.84. The minimum Gasteiger partial charge on any atom is -0.493 e. The number of methoxy groups -OCH3 is 1. The van der Waals surface area contributed by atoms with E-state index in [9.17, 15) is 14.4 Å². The minimum atomic E-state index is -0.985. The van der Waals surface area contributed by atoms with Gasteiger partial charge in [0.1, 0.15) is 0 Å². The Balaban J connectivity index is 1.67. The number of nitrogens with zero attached hydrogens (tertiary/aromatic N) is 1. The van der Waals surface area contributed by atoms with Crippen molar-refractivity contribution < 1.29 is 23.9 Å². The van der Waals surface area contributed by atoms with E-state index in [4.69, 9.17) is 32.7 Å². The van der Waals surface area contributed by atoms with Gasteiger partial charge < -0.3 is 14.8 Å². The number of esters is 1. The molecule has 2 N–H and O–H groups in total. The van der Waals surface area contributed by atoms with Crippen molar-refractivity contribution in [2.45, 2.75) is 6.92 Å². The van der Waals surface area contributed by atoms with Crippen LogP contribution in [-0.4, -0.2) is 30.6 Å². The van der Waals surface area contributed by atoms with E-state index < -0.39 is 17.8 Å². The summed E-state index contributed by atoms with van der Waals surface area (Å²) < 4.78 is 11.4. The molecule has 11 heteroatoms. The Bertz CT molecular complexity index is 1330. The normalized spacial score (nSPS) is 10.9. The van der Waals surface area contributed by atoms with Gasteiger partial charge in [-0.15, -0.1) is 0 Å². The van der Waals surface area contributed by atoms with Crippen LogP contribution in [0.5, 0.6) is 11.5 Å². The summed E-state index contributed by atoms with van der Waals surface area (Å²) in [5, 5.41) is 6.91. The van der Waals surface area contributed by atoms with Gasteiger partial charge in [0, 0.05) is 15.7 Å². The molecule has 0 aliphatic rings. The Morgan fingerprint density at radius 3 is 2.34 bits per heavy atom. The molecule has 0 aromatic heterocycles. The fraction of sp³-hybridized carbons (Fsp3) is 0.0833. The Morgan fingerprint density at radius 2 is 1.66 bits per heavy atom. The summed E-state index contributed by atoms with van der Waals surface area (Å²) in [4.78, 5) is 36.7. The highest BCUT2D eigenvalue weighted by atomic mass is 79.9. The summed E-state index contributed by atoms with van der Waals surface area (Å²) in [5.74, 6) is -2.00. The third-order valence-corrected chi connectivity index (χ3v) is 6.02. The highest BCUT2D eigenvalue weighted by molar-refractivity contribution is 9.10. The number of amides is 2. The highest BCUT2D eigenvalue weighted by Crippen LogP contribution is 2.30. The maximum Gasteiger partial charge on any atom is 0.344 e. The Kier molecular flexibility index (Phi) is 8.86. The summed E-state index contributed by atoms with van der Waals surface area (Å²) in [6.45, 7) is 1.62. The van der Waals surface area contributed by atoms with Gasteiger partial charge in [0.2, 0.25) is 0 Å². The largest absolute Gasteiger partial charge is 0.493 e. The van der Waals surface area contributed by atoms with E-state index in [2.05, 4.69) is 31.8 Å². The van der Waals surface area contributed by atoms with Gasteiger partial charge in [-0.3, -0.25) is 9.59 Å². The molecule has 0 spiro atoms. The first-order valence-electron chi connectivity index (χ1n) is 9.95. The van der Waals surface area contributed by atoms with Crippen LogP contribution in [0.1, 0.15) is 22.8 Å². The molecule has 0 radical (unpaired) electrons. The second-order valence-corrected chi connectivity index (χ2v) is 8.62. The van der Waals surface area contributed by atoms with Crippen LogP contribution < -0.4 is 20.2 Å². The number of rotatable bonds is 6. The molecule has 0 unspecified atom stereocenters. The maximum absolute atomic E-state index is 12.5. The lowest BCUT2D eigenvalue weighted by atomic mass is 10.1. The number of ether oxygens (including phenoxy) is 2. The Labute approximate surface area is 219 Å². The summed E-state index contributed by atoms with van der Waals surface area (Å²) in [5.41, 5.74) is 3.79. The van der Waals surface area contributed by atoms with Crippen molar-refractivity contribution in [3.63, 3.8) is 0 Å². The van der Waals surface area contributed by atoms with Gasteiger partial charge in [-0.2, -0.15) is 5.10 Å². The third kappa shape index (κ3) is 6.82. The molecule has 0 atom stereocenters. The maximum atomic E-state index is 12.5. The van der Waals surface area contributed by atoms with E-state index in [1.807, 2.05) is 0 Å². The molecule has 35 heavy (non-hydrogen) atoms. The standard InChI is InChI=1S/C24H18BrCl2N3O5/c1-13(29-30-23(32)22(31)28-15-8-9-18(26)19(27)12-15)14-7-10-20(21(11-14)34-2)35-24(33)16-5-3-4-6-17(16)25/h3-12H,1-2H3,(H,28,31)(H,30,32). The number of carbonyl (C=O) groups is 3. The van der Waals surface area contributed by atoms with Crippen LogP contribution in [0.4, 0.5) is 5.69 Å². The van der Waals surface area contributed by atoms with Crippen molar-refractivity contribution in [1.29, 1.82) is 0 Å². The van der Waals surface area contributed by atoms with Crippen LogP contribution in [0.25, 0.3) is 0 Å². The SMILES string of the molecule is COc1cc(C(C)=NNC(=O)C(=O)Nc2ccc(Cl)c(Cl)c2)ccc1OC(=O)c1ccccc1Br. The lowest BCUT2D eigenvalue weighted by Crippen LogP contribution is -2.32. The topological polar surface area (TPSA) is 106 Å². The number of halogens is 3. The van der Waals surface area contributed by atoms with Crippen LogP contribution in [-0.2, 0) is 9.59 Å². The molecule has 3 aromatic carbocycles. The van der Waals surface area contributed by atoms with Gasteiger partial charge in [-0.25, -0.2) is 10.2 Å². The molecule has 0 saturated heterocycles. The number of benzene rings is 3. The highest BCUT2D eigenvalue weighted by Gasteiger charge is 2.17. The molecule has 8 nitrogen and oxygen atoms in total. The zero-order chi connectivity index (χ0) is 25.5. The molecule has 2 amide bonds. The molecule has 0 heterocycles. The molecular weight excluding hydrogens is 561 g/mol. The van der Waals surface area contributed by atoms with E-state index in [1.165, 1.54) is 25.3 Å². The number of carbonyl (C=O) groups excluding carboxylic acids is 3. The summed E-state index contributed by atoms with van der Waals surface area (Å²) in [7, 11) is 1.43. The molecule has 3 rings (SSSR count). The molecule has 0 saturated carbocycles. The van der Waals surface area contributed by atoms with Crippen molar-refractivity contribution >= 4 is 68.3 Å². The predicted octanol–water partition coefficient (Wildman–Crippen LogP) is 5.46. The quantitative estimate of drug-likeness (QED) is 0.133. The number of hydrazone groups is 1. The molecule has 0 aliphatic carbocycles. The smallest absolute Gasteiger partial charge is 0.344 e. The lowest BCUT2D eigenvalue weighted by molar-refractivity contribution is -0.136. The molecule has 0 aliphatic heterocycles. The van der Waals surface area contributed by atoms with Gasteiger partial charge in [0.05, 0.1) is 28.4 Å². The van der Waals surface area contributed by atoms with Gasteiger partial charge in [-0.1, -0.05) is 35.3 Å². The first-order valence-corrected chi connectivity index (χ1v) is 11.5. The number of anilines is 1. The second kappa shape index (κ2) is 11.8. The van der Waals surface area contributed by atoms with Crippen LogP contribution in [0.15, 0.2) is 70.2 Å². The van der Waals surface area contributed by atoms with Crippen molar-refractivity contribution in [2.24, 2.45) is 5.10 Å². The van der Waals surface area contributed by atoms with Crippen LogP contribution in [0.3, 0.4) is 0 Å². The molecule has 0 bridgehead atoms. The number of hydrogen-bond donors (Lipinski definition) is 2. The summed E-state index contributed by atoms with van der Waals surface area (Å²) >= 11 is 15.1. The number of hydrogen-bond acceptors (Lipinski definition) is 6. The minimum absolute atomic E-state index is 0.204. The van der Waals surface area contributed by atoms with Crippen molar-refractivity contribution in [3.8, 4) is 11.5 Å². The van der Waals surface area contributed by atoms with Crippen molar-refractivity contribution in [2.75, 3.05) is 12.4 Å². The lowest BCUT2D eigenvalue weighted by Gasteiger charge is -2.12. The monoisotopic (exact) mass is 577 g/mol.